The predicted octanol–water partition coefficient (Wildman–Crippen LogP) is 2.62. The summed E-state index contributed by atoms with van der Waals surface area (Å²) < 4.78 is 38.3. The molecule has 5 nitrogen and oxygen atoms in total. The van der Waals surface area contributed by atoms with Gasteiger partial charge in [0.2, 0.25) is 11.8 Å². The zero-order chi connectivity index (χ0) is 15.6. The van der Waals surface area contributed by atoms with Crippen molar-refractivity contribution in [2.24, 2.45) is 0 Å². The lowest BCUT2D eigenvalue weighted by molar-refractivity contribution is -0.137. The van der Waals surface area contributed by atoms with Crippen LogP contribution in [0.5, 0.6) is 0 Å². The molecule has 22 heavy (non-hydrogen) atoms. The van der Waals surface area contributed by atoms with E-state index in [2.05, 4.69) is 10.6 Å². The molecule has 2 rings (SSSR count). The monoisotopic (exact) mass is 353 g/mol. The van der Waals surface area contributed by atoms with E-state index in [1.165, 1.54) is 12.1 Å². The second-order valence-corrected chi connectivity index (χ2v) is 5.43. The molecule has 0 bridgehead atoms. The van der Waals surface area contributed by atoms with Gasteiger partial charge in [-0.2, -0.15) is 13.2 Å². The van der Waals surface area contributed by atoms with E-state index in [1.807, 2.05) is 0 Å². The molecule has 1 aliphatic heterocycles. The number of amidine groups is 1. The molecular weight excluding hydrogens is 343 g/mol. The van der Waals surface area contributed by atoms with Crippen molar-refractivity contribution in [3.63, 3.8) is 0 Å². The van der Waals surface area contributed by atoms with Gasteiger partial charge in [-0.05, 0) is 12.1 Å². The van der Waals surface area contributed by atoms with Gasteiger partial charge in [0.25, 0.3) is 0 Å². The molecule has 1 saturated heterocycles. The second kappa shape index (κ2) is 7.01. The van der Waals surface area contributed by atoms with E-state index in [1.54, 1.807) is 0 Å². The van der Waals surface area contributed by atoms with Gasteiger partial charge < -0.3 is 10.6 Å². The fourth-order valence-electron chi connectivity index (χ4n) is 1.76. The number of para-hydroxylation sites is 1. The number of amides is 2. The molecule has 0 radical (unpaired) electrons. The minimum atomic E-state index is -4.58. The Hall–Kier alpha value is -1.74. The lowest BCUT2D eigenvalue weighted by Crippen LogP contribution is -2.28. The summed E-state index contributed by atoms with van der Waals surface area (Å²) in [7, 11) is 0. The van der Waals surface area contributed by atoms with E-state index < -0.39 is 28.8 Å². The highest BCUT2D eigenvalue weighted by atomic mass is 35.5. The first-order valence-electron chi connectivity index (χ1n) is 5.79. The minimum absolute atomic E-state index is 0. The van der Waals surface area contributed by atoms with Crippen molar-refractivity contribution in [2.75, 3.05) is 5.32 Å². The van der Waals surface area contributed by atoms with E-state index in [4.69, 9.17) is 5.41 Å². The number of nitrogens with one attached hydrogen (secondary N) is 3. The molecule has 1 fully saturated rings. The maximum atomic E-state index is 12.8. The average Bonchev–Trinajstić information content (AvgIpc) is 2.67. The van der Waals surface area contributed by atoms with E-state index in [0.717, 1.165) is 23.9 Å². The number of benzene rings is 1. The molecule has 2 amide bonds. The molecular formula is C12H11ClF3N3O2S. The lowest BCUT2D eigenvalue weighted by Gasteiger charge is -2.14. The molecule has 10 heteroatoms. The average molecular weight is 354 g/mol. The van der Waals surface area contributed by atoms with Crippen molar-refractivity contribution in [2.45, 2.75) is 17.8 Å². The Labute approximate surface area is 133 Å². The molecule has 1 unspecified atom stereocenters. The zero-order valence-electron chi connectivity index (χ0n) is 10.9. The van der Waals surface area contributed by atoms with Crippen molar-refractivity contribution in [1.29, 1.82) is 5.41 Å². The highest BCUT2D eigenvalue weighted by Crippen LogP contribution is 2.34. The first-order chi connectivity index (χ1) is 9.77. The van der Waals surface area contributed by atoms with Crippen LogP contribution in [0.15, 0.2) is 24.3 Å². The van der Waals surface area contributed by atoms with E-state index in [0.29, 0.717) is 0 Å². The molecule has 1 heterocycles. The molecule has 0 spiro atoms. The number of carbonyl (C=O) groups excluding carboxylic acids is 2. The summed E-state index contributed by atoms with van der Waals surface area (Å²) in [6, 6.07) is 4.60. The van der Waals surface area contributed by atoms with Crippen LogP contribution in [0.1, 0.15) is 12.0 Å². The fraction of sp³-hybridized carbons (Fsp3) is 0.250. The summed E-state index contributed by atoms with van der Waals surface area (Å²) in [5.74, 6) is -1.21. The van der Waals surface area contributed by atoms with Gasteiger partial charge in [0.05, 0.1) is 11.3 Å². The van der Waals surface area contributed by atoms with Crippen LogP contribution < -0.4 is 10.6 Å². The maximum Gasteiger partial charge on any atom is 0.418 e. The first kappa shape index (κ1) is 18.3. The predicted molar refractivity (Wildman–Crippen MR) is 79.2 cm³/mol. The Bertz CT molecular complexity index is 610. The molecule has 0 aromatic heterocycles. The van der Waals surface area contributed by atoms with Gasteiger partial charge >= 0.3 is 6.18 Å². The summed E-state index contributed by atoms with van der Waals surface area (Å²) in [6.45, 7) is 0. The van der Waals surface area contributed by atoms with Gasteiger partial charge in [0, 0.05) is 6.42 Å². The minimum Gasteiger partial charge on any atom is -0.325 e. The molecule has 1 aromatic rings. The zero-order valence-corrected chi connectivity index (χ0v) is 12.5. The summed E-state index contributed by atoms with van der Waals surface area (Å²) in [5, 5.41) is 10.7. The third kappa shape index (κ3) is 4.38. The number of halogens is 4. The van der Waals surface area contributed by atoms with Gasteiger partial charge in [-0.25, -0.2) is 0 Å². The number of carbonyl (C=O) groups is 2. The number of rotatable bonds is 3. The van der Waals surface area contributed by atoms with Crippen LogP contribution in [-0.4, -0.2) is 22.2 Å². The fourth-order valence-corrected chi connectivity index (χ4v) is 2.61. The SMILES string of the molecule is Cl.N=C1NC(=O)C(CC(=O)Nc2ccccc2C(F)(F)F)S1. The van der Waals surface area contributed by atoms with Crippen molar-refractivity contribution in [3.05, 3.63) is 29.8 Å². The normalized spacial score (nSPS) is 17.7. The smallest absolute Gasteiger partial charge is 0.325 e. The number of hydrogen-bond donors (Lipinski definition) is 3. The molecule has 3 N–H and O–H groups in total. The quantitative estimate of drug-likeness (QED) is 0.781. The van der Waals surface area contributed by atoms with Crippen LogP contribution in [0, 0.1) is 5.41 Å². The van der Waals surface area contributed by atoms with Crippen LogP contribution in [0.4, 0.5) is 18.9 Å². The van der Waals surface area contributed by atoms with Gasteiger partial charge in [-0.1, -0.05) is 23.9 Å². The van der Waals surface area contributed by atoms with Gasteiger partial charge in [0.15, 0.2) is 5.17 Å². The summed E-state index contributed by atoms with van der Waals surface area (Å²) in [5.41, 5.74) is -1.30. The lowest BCUT2D eigenvalue weighted by atomic mass is 10.1. The van der Waals surface area contributed by atoms with Crippen molar-refractivity contribution < 1.29 is 22.8 Å². The number of hydrogen-bond acceptors (Lipinski definition) is 4. The third-order valence-corrected chi connectivity index (χ3v) is 3.67. The molecule has 0 saturated carbocycles. The Kier molecular flexibility index (Phi) is 5.84. The van der Waals surface area contributed by atoms with Crippen LogP contribution in [0.2, 0.25) is 0 Å². The number of alkyl halides is 3. The van der Waals surface area contributed by atoms with Gasteiger partial charge in [-0.3, -0.25) is 15.0 Å². The molecule has 1 atom stereocenters. The van der Waals surface area contributed by atoms with E-state index >= 15 is 0 Å². The van der Waals surface area contributed by atoms with Crippen LogP contribution in [0.25, 0.3) is 0 Å². The first-order valence-corrected chi connectivity index (χ1v) is 6.67. The van der Waals surface area contributed by atoms with Crippen LogP contribution in [-0.2, 0) is 15.8 Å². The highest BCUT2D eigenvalue weighted by Gasteiger charge is 2.35. The van der Waals surface area contributed by atoms with Crippen LogP contribution in [0.3, 0.4) is 0 Å². The van der Waals surface area contributed by atoms with Crippen molar-refractivity contribution in [1.82, 2.24) is 5.32 Å². The van der Waals surface area contributed by atoms with E-state index in [-0.39, 0.29) is 29.7 Å². The standard InChI is InChI=1S/C12H10F3N3O2S.ClH/c13-12(14,15)6-3-1-2-4-7(6)17-9(19)5-8-10(20)18-11(16)21-8;/h1-4,8H,5H2,(H,17,19)(H2,16,18,20);1H. The van der Waals surface area contributed by atoms with Gasteiger partial charge in [0.1, 0.15) is 5.25 Å². The maximum absolute atomic E-state index is 12.8. The number of thioether (sulfide) groups is 1. The molecule has 1 aromatic carbocycles. The second-order valence-electron chi connectivity index (χ2n) is 4.22. The Morgan fingerprint density at radius 2 is 2.00 bits per heavy atom. The van der Waals surface area contributed by atoms with Gasteiger partial charge in [-0.15, -0.1) is 12.4 Å². The molecule has 0 aliphatic carbocycles. The topological polar surface area (TPSA) is 82.1 Å². The largest absolute Gasteiger partial charge is 0.418 e. The van der Waals surface area contributed by atoms with E-state index in [9.17, 15) is 22.8 Å². The van der Waals surface area contributed by atoms with Crippen LogP contribution >= 0.6 is 24.2 Å². The Balaban J connectivity index is 0.00000242. The van der Waals surface area contributed by atoms with Crippen molar-refractivity contribution in [3.8, 4) is 0 Å². The number of anilines is 1. The summed E-state index contributed by atoms with van der Waals surface area (Å²) in [6.07, 6.45) is -4.88. The summed E-state index contributed by atoms with van der Waals surface area (Å²) >= 11 is 0.862. The summed E-state index contributed by atoms with van der Waals surface area (Å²) in [4.78, 5) is 23.1. The molecule has 1 aliphatic rings. The molecule has 120 valence electrons. The third-order valence-electron chi connectivity index (χ3n) is 2.67. The van der Waals surface area contributed by atoms with Crippen molar-refractivity contribution >= 4 is 46.8 Å². The highest BCUT2D eigenvalue weighted by molar-refractivity contribution is 8.15. The Morgan fingerprint density at radius 1 is 1.36 bits per heavy atom. The Morgan fingerprint density at radius 3 is 2.55 bits per heavy atom.